The van der Waals surface area contributed by atoms with Crippen LogP contribution < -0.4 is 5.73 Å². The van der Waals surface area contributed by atoms with E-state index in [4.69, 9.17) is 11.0 Å². The third-order valence-corrected chi connectivity index (χ3v) is 2.98. The Balaban J connectivity index is 2.55. The highest BCUT2D eigenvalue weighted by Crippen LogP contribution is 2.23. The van der Waals surface area contributed by atoms with Gasteiger partial charge >= 0.3 is 0 Å². The van der Waals surface area contributed by atoms with Gasteiger partial charge in [-0.05, 0) is 6.42 Å². The third-order valence-electron chi connectivity index (χ3n) is 2.98. The lowest BCUT2D eigenvalue weighted by molar-refractivity contribution is -0.137. The fourth-order valence-electron chi connectivity index (χ4n) is 1.67. The molecule has 1 heterocycles. The van der Waals surface area contributed by atoms with Crippen molar-refractivity contribution >= 4 is 11.8 Å². The van der Waals surface area contributed by atoms with Gasteiger partial charge in [0.25, 0.3) is 0 Å². The van der Waals surface area contributed by atoms with Crippen LogP contribution in [0.4, 0.5) is 0 Å². The van der Waals surface area contributed by atoms with Gasteiger partial charge in [0.1, 0.15) is 0 Å². The van der Waals surface area contributed by atoms with Gasteiger partial charge in [0.05, 0.1) is 17.4 Å². The van der Waals surface area contributed by atoms with Gasteiger partial charge in [-0.3, -0.25) is 9.59 Å². The van der Waals surface area contributed by atoms with E-state index in [1.807, 2.05) is 0 Å². The summed E-state index contributed by atoms with van der Waals surface area (Å²) in [6.07, 6.45) is 0.833. The van der Waals surface area contributed by atoms with E-state index in [1.54, 1.807) is 18.7 Å². The molecule has 0 aromatic rings. The first kappa shape index (κ1) is 12.5. The minimum absolute atomic E-state index is 0.0689. The maximum Gasteiger partial charge on any atom is 0.223 e. The first-order chi connectivity index (χ1) is 7.36. The van der Waals surface area contributed by atoms with Crippen LogP contribution in [-0.2, 0) is 9.59 Å². The predicted octanol–water partition coefficient (Wildman–Crippen LogP) is 0.260. The second-order valence-electron chi connectivity index (χ2n) is 4.88. The number of nitriles is 1. The summed E-state index contributed by atoms with van der Waals surface area (Å²) in [5.74, 6) is -0.640. The summed E-state index contributed by atoms with van der Waals surface area (Å²) in [6, 6.07) is 2.15. The average Bonchev–Trinajstić information content (AvgIpc) is 2.64. The Morgan fingerprint density at radius 3 is 2.62 bits per heavy atom. The standard InChI is InChI=1S/C11H17N3O2/c1-11(2,10(13)16)5-9(15)14-4-3-8(6-12)7-14/h8H,3-5,7H2,1-2H3,(H2,13,16)/t8-/m0/s1. The molecule has 16 heavy (non-hydrogen) atoms. The molecule has 0 spiro atoms. The molecule has 5 heteroatoms. The molecule has 5 nitrogen and oxygen atoms in total. The molecule has 1 atom stereocenters. The minimum atomic E-state index is -0.818. The Morgan fingerprint density at radius 2 is 2.19 bits per heavy atom. The summed E-state index contributed by atoms with van der Waals surface area (Å²) >= 11 is 0. The van der Waals surface area contributed by atoms with E-state index >= 15 is 0 Å². The summed E-state index contributed by atoms with van der Waals surface area (Å²) < 4.78 is 0. The molecule has 1 aliphatic rings. The Kier molecular flexibility index (Phi) is 3.53. The lowest BCUT2D eigenvalue weighted by atomic mass is 9.88. The smallest absolute Gasteiger partial charge is 0.223 e. The first-order valence-corrected chi connectivity index (χ1v) is 5.34. The van der Waals surface area contributed by atoms with Crippen molar-refractivity contribution in [3.63, 3.8) is 0 Å². The van der Waals surface area contributed by atoms with Crippen molar-refractivity contribution in [3.05, 3.63) is 0 Å². The zero-order valence-corrected chi connectivity index (χ0v) is 9.69. The SMILES string of the molecule is CC(C)(CC(=O)N1CC[C@@H](C#N)C1)C(N)=O. The van der Waals surface area contributed by atoms with Gasteiger partial charge in [0.2, 0.25) is 11.8 Å². The zero-order valence-electron chi connectivity index (χ0n) is 9.69. The van der Waals surface area contributed by atoms with E-state index < -0.39 is 11.3 Å². The van der Waals surface area contributed by atoms with Gasteiger partial charge in [-0.25, -0.2) is 0 Å². The van der Waals surface area contributed by atoms with Gasteiger partial charge in [0.15, 0.2) is 0 Å². The number of likely N-dealkylation sites (tertiary alicyclic amines) is 1. The van der Waals surface area contributed by atoms with Crippen LogP contribution in [0.5, 0.6) is 0 Å². The molecular weight excluding hydrogens is 206 g/mol. The van der Waals surface area contributed by atoms with E-state index in [-0.39, 0.29) is 18.2 Å². The lowest BCUT2D eigenvalue weighted by Crippen LogP contribution is -2.38. The molecule has 0 saturated carbocycles. The third kappa shape index (κ3) is 2.72. The highest BCUT2D eigenvalue weighted by Gasteiger charge is 2.33. The quantitative estimate of drug-likeness (QED) is 0.744. The van der Waals surface area contributed by atoms with Gasteiger partial charge in [-0.2, -0.15) is 5.26 Å². The van der Waals surface area contributed by atoms with Gasteiger partial charge < -0.3 is 10.6 Å². The molecule has 0 aliphatic carbocycles. The highest BCUT2D eigenvalue weighted by molar-refractivity contribution is 5.87. The molecule has 0 unspecified atom stereocenters. The fraction of sp³-hybridized carbons (Fsp3) is 0.727. The summed E-state index contributed by atoms with van der Waals surface area (Å²) in [6.45, 7) is 4.40. The van der Waals surface area contributed by atoms with Gasteiger partial charge in [-0.15, -0.1) is 0 Å². The number of carbonyl (C=O) groups excluding carboxylic acids is 2. The molecule has 0 aromatic carbocycles. The summed E-state index contributed by atoms with van der Waals surface area (Å²) in [4.78, 5) is 24.6. The normalized spacial score (nSPS) is 20.6. The molecule has 1 fully saturated rings. The number of primary amides is 1. The van der Waals surface area contributed by atoms with Crippen molar-refractivity contribution in [3.8, 4) is 6.07 Å². The van der Waals surface area contributed by atoms with Crippen molar-refractivity contribution in [2.24, 2.45) is 17.1 Å². The van der Waals surface area contributed by atoms with Crippen LogP contribution in [0.15, 0.2) is 0 Å². The molecular formula is C11H17N3O2. The van der Waals surface area contributed by atoms with E-state index in [2.05, 4.69) is 6.07 Å². The Bertz CT molecular complexity index is 344. The summed E-state index contributed by atoms with van der Waals surface area (Å²) in [5.41, 5.74) is 4.39. The monoisotopic (exact) mass is 223 g/mol. The zero-order chi connectivity index (χ0) is 12.3. The number of carbonyl (C=O) groups is 2. The number of amides is 2. The average molecular weight is 223 g/mol. The number of nitrogens with zero attached hydrogens (tertiary/aromatic N) is 2. The molecule has 0 bridgehead atoms. The fourth-order valence-corrected chi connectivity index (χ4v) is 1.67. The largest absolute Gasteiger partial charge is 0.369 e. The number of rotatable bonds is 3. The second-order valence-corrected chi connectivity index (χ2v) is 4.88. The van der Waals surface area contributed by atoms with Crippen LogP contribution in [0.1, 0.15) is 26.7 Å². The van der Waals surface area contributed by atoms with Crippen LogP contribution in [0.25, 0.3) is 0 Å². The first-order valence-electron chi connectivity index (χ1n) is 5.34. The van der Waals surface area contributed by atoms with Crippen LogP contribution in [0, 0.1) is 22.7 Å². The number of nitrogens with two attached hydrogens (primary N) is 1. The maximum atomic E-state index is 11.8. The van der Waals surface area contributed by atoms with Crippen LogP contribution in [0.2, 0.25) is 0 Å². The van der Waals surface area contributed by atoms with Crippen LogP contribution in [0.3, 0.4) is 0 Å². The predicted molar refractivity (Wildman–Crippen MR) is 57.9 cm³/mol. The van der Waals surface area contributed by atoms with E-state index in [0.717, 1.165) is 6.42 Å². The Hall–Kier alpha value is -1.57. The molecule has 2 amide bonds. The van der Waals surface area contributed by atoms with Crippen LogP contribution >= 0.6 is 0 Å². The second kappa shape index (κ2) is 4.52. The highest BCUT2D eigenvalue weighted by atomic mass is 16.2. The van der Waals surface area contributed by atoms with Crippen molar-refractivity contribution in [1.82, 2.24) is 4.90 Å². The van der Waals surface area contributed by atoms with Crippen molar-refractivity contribution in [2.75, 3.05) is 13.1 Å². The van der Waals surface area contributed by atoms with Crippen molar-refractivity contribution < 1.29 is 9.59 Å². The number of hydrogen-bond donors (Lipinski definition) is 1. The topological polar surface area (TPSA) is 87.2 Å². The van der Waals surface area contributed by atoms with Crippen molar-refractivity contribution in [1.29, 1.82) is 5.26 Å². The van der Waals surface area contributed by atoms with Gasteiger partial charge in [-0.1, -0.05) is 13.8 Å². The maximum absolute atomic E-state index is 11.8. The Morgan fingerprint density at radius 1 is 1.56 bits per heavy atom. The Labute approximate surface area is 95.2 Å². The molecule has 88 valence electrons. The lowest BCUT2D eigenvalue weighted by Gasteiger charge is -2.23. The van der Waals surface area contributed by atoms with E-state index in [0.29, 0.717) is 13.1 Å². The summed E-state index contributed by atoms with van der Waals surface area (Å²) in [5, 5.41) is 8.72. The van der Waals surface area contributed by atoms with Crippen molar-refractivity contribution in [2.45, 2.75) is 26.7 Å². The molecule has 0 aromatic heterocycles. The minimum Gasteiger partial charge on any atom is -0.369 e. The molecule has 2 N–H and O–H groups in total. The van der Waals surface area contributed by atoms with E-state index in [1.165, 1.54) is 0 Å². The van der Waals surface area contributed by atoms with Gasteiger partial charge in [0, 0.05) is 19.5 Å². The molecule has 1 saturated heterocycles. The van der Waals surface area contributed by atoms with E-state index in [9.17, 15) is 9.59 Å². The summed E-state index contributed by atoms with van der Waals surface area (Å²) in [7, 11) is 0. The molecule has 0 radical (unpaired) electrons. The molecule has 1 aliphatic heterocycles. The number of hydrogen-bond acceptors (Lipinski definition) is 3. The molecule has 1 rings (SSSR count). The van der Waals surface area contributed by atoms with Crippen LogP contribution in [-0.4, -0.2) is 29.8 Å².